The SMILES string of the molecule is O=C(O)[C@H]1C[C@@H]1C=Cc1ccccc1Cl. The molecule has 78 valence electrons. The van der Waals surface area contributed by atoms with Crippen molar-refractivity contribution < 1.29 is 9.90 Å². The average molecular weight is 223 g/mol. The summed E-state index contributed by atoms with van der Waals surface area (Å²) in [6, 6.07) is 7.52. The number of benzene rings is 1. The molecule has 1 aromatic carbocycles. The van der Waals surface area contributed by atoms with Gasteiger partial charge in [0.2, 0.25) is 0 Å². The lowest BCUT2D eigenvalue weighted by atomic mass is 10.2. The molecule has 0 bridgehead atoms. The highest BCUT2D eigenvalue weighted by molar-refractivity contribution is 6.32. The summed E-state index contributed by atoms with van der Waals surface area (Å²) in [7, 11) is 0. The molecule has 2 atom stereocenters. The summed E-state index contributed by atoms with van der Waals surface area (Å²) in [4.78, 5) is 10.6. The van der Waals surface area contributed by atoms with Crippen LogP contribution < -0.4 is 0 Å². The lowest BCUT2D eigenvalue weighted by Gasteiger charge is -1.95. The van der Waals surface area contributed by atoms with Gasteiger partial charge in [-0.3, -0.25) is 4.79 Å². The Balaban J connectivity index is 2.02. The van der Waals surface area contributed by atoms with E-state index in [4.69, 9.17) is 16.7 Å². The van der Waals surface area contributed by atoms with Crippen LogP contribution in [-0.4, -0.2) is 11.1 Å². The maximum atomic E-state index is 10.6. The molecule has 1 aliphatic carbocycles. The van der Waals surface area contributed by atoms with Gasteiger partial charge in [0.05, 0.1) is 5.92 Å². The Kier molecular flexibility index (Phi) is 2.78. The number of hydrogen-bond donors (Lipinski definition) is 1. The van der Waals surface area contributed by atoms with Gasteiger partial charge in [-0.05, 0) is 24.0 Å². The van der Waals surface area contributed by atoms with Crippen molar-refractivity contribution in [2.24, 2.45) is 11.8 Å². The van der Waals surface area contributed by atoms with Gasteiger partial charge in [0.1, 0.15) is 0 Å². The van der Waals surface area contributed by atoms with Crippen molar-refractivity contribution in [1.82, 2.24) is 0 Å². The van der Waals surface area contributed by atoms with Gasteiger partial charge in [0.15, 0.2) is 0 Å². The van der Waals surface area contributed by atoms with Crippen molar-refractivity contribution in [1.29, 1.82) is 0 Å². The molecule has 1 N–H and O–H groups in total. The summed E-state index contributed by atoms with van der Waals surface area (Å²) in [6.07, 6.45) is 4.58. The lowest BCUT2D eigenvalue weighted by molar-refractivity contribution is -0.138. The number of allylic oxidation sites excluding steroid dienone is 1. The first-order valence-corrected chi connectivity index (χ1v) is 5.22. The summed E-state index contributed by atoms with van der Waals surface area (Å²) < 4.78 is 0. The Morgan fingerprint density at radius 3 is 2.80 bits per heavy atom. The van der Waals surface area contributed by atoms with E-state index in [0.717, 1.165) is 12.0 Å². The zero-order chi connectivity index (χ0) is 10.8. The first-order chi connectivity index (χ1) is 7.18. The number of aliphatic carboxylic acids is 1. The molecule has 3 heteroatoms. The van der Waals surface area contributed by atoms with Crippen LogP contribution in [-0.2, 0) is 4.79 Å². The van der Waals surface area contributed by atoms with Crippen LogP contribution in [0.25, 0.3) is 6.08 Å². The molecule has 1 aromatic rings. The van der Waals surface area contributed by atoms with E-state index in [2.05, 4.69) is 0 Å². The van der Waals surface area contributed by atoms with Crippen molar-refractivity contribution in [3.8, 4) is 0 Å². The smallest absolute Gasteiger partial charge is 0.307 e. The standard InChI is InChI=1S/C12H11ClO2/c13-11-4-2-1-3-8(11)5-6-9-7-10(9)12(14)15/h1-6,9-10H,7H2,(H,14,15)/t9-,10-/m0/s1. The van der Waals surface area contributed by atoms with Crippen LogP contribution in [0.3, 0.4) is 0 Å². The van der Waals surface area contributed by atoms with Crippen LogP contribution in [0.1, 0.15) is 12.0 Å². The minimum absolute atomic E-state index is 0.179. The summed E-state index contributed by atoms with van der Waals surface area (Å²) in [5.74, 6) is -0.716. The number of carbonyl (C=O) groups is 1. The molecule has 0 amide bonds. The normalized spacial score (nSPS) is 24.3. The predicted molar refractivity (Wildman–Crippen MR) is 59.7 cm³/mol. The third-order valence-corrected chi connectivity index (χ3v) is 2.93. The predicted octanol–water partition coefficient (Wildman–Crippen LogP) is 3.07. The van der Waals surface area contributed by atoms with Gasteiger partial charge in [-0.1, -0.05) is 42.0 Å². The molecule has 0 unspecified atom stereocenters. The largest absolute Gasteiger partial charge is 0.481 e. The molecular weight excluding hydrogens is 212 g/mol. The Morgan fingerprint density at radius 1 is 1.47 bits per heavy atom. The number of carboxylic acids is 1. The molecule has 1 aliphatic rings. The Hall–Kier alpha value is -1.28. The van der Waals surface area contributed by atoms with Crippen LogP contribution in [0, 0.1) is 11.8 Å². The van der Waals surface area contributed by atoms with Crippen molar-refractivity contribution in [3.63, 3.8) is 0 Å². The van der Waals surface area contributed by atoms with E-state index in [0.29, 0.717) is 5.02 Å². The molecule has 0 saturated heterocycles. The molecule has 2 rings (SSSR count). The van der Waals surface area contributed by atoms with Crippen LogP contribution >= 0.6 is 11.6 Å². The van der Waals surface area contributed by atoms with E-state index in [1.807, 2.05) is 36.4 Å². The topological polar surface area (TPSA) is 37.3 Å². The monoisotopic (exact) mass is 222 g/mol. The highest BCUT2D eigenvalue weighted by Crippen LogP contribution is 2.40. The first kappa shape index (κ1) is 10.2. The molecular formula is C12H11ClO2. The zero-order valence-corrected chi connectivity index (χ0v) is 8.82. The summed E-state index contributed by atoms with van der Waals surface area (Å²) in [6.45, 7) is 0. The van der Waals surface area contributed by atoms with Crippen molar-refractivity contribution in [3.05, 3.63) is 40.9 Å². The molecule has 0 spiro atoms. The molecule has 1 saturated carbocycles. The van der Waals surface area contributed by atoms with Gasteiger partial charge in [-0.2, -0.15) is 0 Å². The van der Waals surface area contributed by atoms with E-state index in [1.54, 1.807) is 0 Å². The van der Waals surface area contributed by atoms with Gasteiger partial charge >= 0.3 is 5.97 Å². The fourth-order valence-electron chi connectivity index (χ4n) is 1.55. The minimum Gasteiger partial charge on any atom is -0.481 e. The highest BCUT2D eigenvalue weighted by Gasteiger charge is 2.40. The van der Waals surface area contributed by atoms with Gasteiger partial charge < -0.3 is 5.11 Å². The summed E-state index contributed by atoms with van der Waals surface area (Å²) in [5.41, 5.74) is 0.940. The van der Waals surface area contributed by atoms with Crippen molar-refractivity contribution in [2.45, 2.75) is 6.42 Å². The highest BCUT2D eigenvalue weighted by atomic mass is 35.5. The maximum absolute atomic E-state index is 10.6. The molecule has 0 aromatic heterocycles. The van der Waals surface area contributed by atoms with Crippen LogP contribution in [0.5, 0.6) is 0 Å². The molecule has 15 heavy (non-hydrogen) atoms. The quantitative estimate of drug-likeness (QED) is 0.854. The third kappa shape index (κ3) is 2.39. The number of hydrogen-bond acceptors (Lipinski definition) is 1. The van der Waals surface area contributed by atoms with E-state index in [1.165, 1.54) is 0 Å². The van der Waals surface area contributed by atoms with E-state index >= 15 is 0 Å². The number of halogens is 1. The van der Waals surface area contributed by atoms with Crippen LogP contribution in [0.2, 0.25) is 5.02 Å². The van der Waals surface area contributed by atoms with E-state index in [-0.39, 0.29) is 11.8 Å². The number of rotatable bonds is 3. The average Bonchev–Trinajstić information content (AvgIpc) is 2.96. The van der Waals surface area contributed by atoms with Crippen molar-refractivity contribution >= 4 is 23.6 Å². The molecule has 2 nitrogen and oxygen atoms in total. The Morgan fingerprint density at radius 2 is 2.20 bits per heavy atom. The fraction of sp³-hybridized carbons (Fsp3) is 0.250. The number of carboxylic acid groups (broad SMARTS) is 1. The maximum Gasteiger partial charge on any atom is 0.307 e. The van der Waals surface area contributed by atoms with E-state index < -0.39 is 5.97 Å². The van der Waals surface area contributed by atoms with Gasteiger partial charge in [0.25, 0.3) is 0 Å². The second kappa shape index (κ2) is 4.07. The minimum atomic E-state index is -0.705. The fourth-order valence-corrected chi connectivity index (χ4v) is 1.75. The van der Waals surface area contributed by atoms with Gasteiger partial charge in [-0.25, -0.2) is 0 Å². The van der Waals surface area contributed by atoms with Crippen molar-refractivity contribution in [2.75, 3.05) is 0 Å². The second-order valence-corrected chi connectivity index (χ2v) is 4.13. The van der Waals surface area contributed by atoms with Crippen LogP contribution in [0.4, 0.5) is 0 Å². The third-order valence-electron chi connectivity index (χ3n) is 2.59. The molecule has 1 fully saturated rings. The summed E-state index contributed by atoms with van der Waals surface area (Å²) in [5, 5.41) is 9.41. The molecule has 0 radical (unpaired) electrons. The molecule has 0 heterocycles. The van der Waals surface area contributed by atoms with Gasteiger partial charge in [-0.15, -0.1) is 0 Å². The lowest BCUT2D eigenvalue weighted by Crippen LogP contribution is -1.97. The molecule has 0 aliphatic heterocycles. The Bertz CT molecular complexity index is 412. The second-order valence-electron chi connectivity index (χ2n) is 3.72. The Labute approximate surface area is 93.2 Å². The summed E-state index contributed by atoms with van der Waals surface area (Å²) >= 11 is 5.96. The zero-order valence-electron chi connectivity index (χ0n) is 8.06. The first-order valence-electron chi connectivity index (χ1n) is 4.84. The van der Waals surface area contributed by atoms with Crippen LogP contribution in [0.15, 0.2) is 30.3 Å². The van der Waals surface area contributed by atoms with E-state index in [9.17, 15) is 4.79 Å². The van der Waals surface area contributed by atoms with Gasteiger partial charge in [0, 0.05) is 5.02 Å².